The van der Waals surface area contributed by atoms with Crippen LogP contribution in [0.25, 0.3) is 0 Å². The van der Waals surface area contributed by atoms with E-state index in [2.05, 4.69) is 0 Å². The number of carbonyl (C=O) groups is 1. The predicted molar refractivity (Wildman–Crippen MR) is 63.6 cm³/mol. The molecule has 1 aromatic heterocycles. The normalized spacial score (nSPS) is 26.0. The van der Waals surface area contributed by atoms with Gasteiger partial charge >= 0.3 is 6.18 Å². The molecule has 1 aromatic rings. The molecular weight excluding hydrogens is 291 g/mol. The van der Waals surface area contributed by atoms with Crippen LogP contribution in [-0.2, 0) is 17.8 Å². The number of furan rings is 1. The lowest BCUT2D eigenvalue weighted by Crippen LogP contribution is -2.48. The molecule has 116 valence electrons. The van der Waals surface area contributed by atoms with Crippen LogP contribution in [0, 0.1) is 0 Å². The summed E-state index contributed by atoms with van der Waals surface area (Å²) in [4.78, 5) is 13.3. The van der Waals surface area contributed by atoms with Gasteiger partial charge in [0.05, 0.1) is 26.0 Å². The van der Waals surface area contributed by atoms with E-state index in [4.69, 9.17) is 9.15 Å². The molecule has 0 saturated carbocycles. The Morgan fingerprint density at radius 3 is 2.86 bits per heavy atom. The number of ether oxygens (including phenoxy) is 1. The number of hydrogen-bond donors (Lipinski definition) is 1. The fraction of sp³-hybridized carbons (Fsp3) is 0.615. The molecule has 3 rings (SSSR count). The highest BCUT2D eigenvalue weighted by Crippen LogP contribution is 2.38. The van der Waals surface area contributed by atoms with Crippen molar-refractivity contribution in [2.75, 3.05) is 19.7 Å². The van der Waals surface area contributed by atoms with Gasteiger partial charge in [0.15, 0.2) is 11.4 Å². The topological polar surface area (TPSA) is 62.9 Å². The second-order valence-corrected chi connectivity index (χ2v) is 5.38. The van der Waals surface area contributed by atoms with E-state index in [9.17, 15) is 23.1 Å². The molecule has 0 aliphatic carbocycles. The molecule has 1 unspecified atom stereocenters. The van der Waals surface area contributed by atoms with Crippen LogP contribution in [0.2, 0.25) is 0 Å². The molecule has 21 heavy (non-hydrogen) atoms. The minimum Gasteiger partial charge on any atom is -0.458 e. The number of β-amino-alcohol motifs (C(OH)–C–C–N with tert-alkyl or cyclic N) is 1. The Morgan fingerprint density at radius 2 is 2.19 bits per heavy atom. The van der Waals surface area contributed by atoms with Crippen molar-refractivity contribution in [2.24, 2.45) is 0 Å². The average molecular weight is 305 g/mol. The van der Waals surface area contributed by atoms with Gasteiger partial charge in [-0.1, -0.05) is 0 Å². The van der Waals surface area contributed by atoms with E-state index in [1.807, 2.05) is 0 Å². The lowest BCUT2D eigenvalue weighted by Gasteiger charge is -2.25. The van der Waals surface area contributed by atoms with Crippen LogP contribution in [-0.4, -0.2) is 47.4 Å². The number of amides is 1. The Bertz CT molecular complexity index is 568. The maximum Gasteiger partial charge on any atom is 0.419 e. The first kappa shape index (κ1) is 14.4. The Kier molecular flexibility index (Phi) is 3.25. The van der Waals surface area contributed by atoms with Crippen molar-refractivity contribution in [2.45, 2.75) is 31.2 Å². The highest BCUT2D eigenvalue weighted by Gasteiger charge is 2.58. The lowest BCUT2D eigenvalue weighted by atomic mass is 10.0. The molecular formula is C13H14F3NO4. The summed E-state index contributed by atoms with van der Waals surface area (Å²) in [7, 11) is 0. The van der Waals surface area contributed by atoms with Crippen molar-refractivity contribution >= 4 is 5.91 Å². The molecule has 1 amide bonds. The predicted octanol–water partition coefficient (Wildman–Crippen LogP) is 1.49. The Hall–Kier alpha value is -1.54. The van der Waals surface area contributed by atoms with E-state index < -0.39 is 30.7 Å². The number of carbonyl (C=O) groups excluding carboxylic acids is 1. The van der Waals surface area contributed by atoms with Gasteiger partial charge in [-0.2, -0.15) is 13.2 Å². The van der Waals surface area contributed by atoms with Gasteiger partial charge in [-0.15, -0.1) is 0 Å². The summed E-state index contributed by atoms with van der Waals surface area (Å²) in [6, 6.07) is 0. The first-order valence-corrected chi connectivity index (χ1v) is 6.57. The highest BCUT2D eigenvalue weighted by atomic mass is 19.4. The minimum atomic E-state index is -4.75. The van der Waals surface area contributed by atoms with E-state index >= 15 is 0 Å². The molecule has 3 heterocycles. The van der Waals surface area contributed by atoms with Crippen molar-refractivity contribution < 1.29 is 32.2 Å². The third-order valence-electron chi connectivity index (χ3n) is 3.99. The molecule has 0 bridgehead atoms. The summed E-state index contributed by atoms with van der Waals surface area (Å²) in [5, 5.41) is 9.61. The number of aliphatic hydroxyl groups is 1. The number of hydrogen-bond acceptors (Lipinski definition) is 4. The van der Waals surface area contributed by atoms with Crippen molar-refractivity contribution in [1.29, 1.82) is 0 Å². The van der Waals surface area contributed by atoms with Crippen LogP contribution in [0.1, 0.15) is 28.1 Å². The largest absolute Gasteiger partial charge is 0.458 e. The zero-order chi connectivity index (χ0) is 15.3. The van der Waals surface area contributed by atoms with Gasteiger partial charge in [0.2, 0.25) is 0 Å². The number of nitrogens with zero attached hydrogens (tertiary/aromatic N) is 1. The zero-order valence-electron chi connectivity index (χ0n) is 11.1. The number of rotatable bonds is 1. The van der Waals surface area contributed by atoms with Gasteiger partial charge in [0.25, 0.3) is 5.91 Å². The average Bonchev–Trinajstić information content (AvgIpc) is 3.02. The molecule has 0 aromatic carbocycles. The second-order valence-electron chi connectivity index (χ2n) is 5.38. The number of fused-ring (bicyclic) bond motifs is 1. The summed E-state index contributed by atoms with van der Waals surface area (Å²) >= 11 is 0. The van der Waals surface area contributed by atoms with Crippen molar-refractivity contribution in [3.63, 3.8) is 0 Å². The molecule has 1 saturated heterocycles. The summed E-state index contributed by atoms with van der Waals surface area (Å²) in [5.41, 5.74) is -1.40. The summed E-state index contributed by atoms with van der Waals surface area (Å²) in [5.74, 6) is -0.557. The summed E-state index contributed by atoms with van der Waals surface area (Å²) in [6.07, 6.45) is -3.38. The van der Waals surface area contributed by atoms with Crippen molar-refractivity contribution in [3.05, 3.63) is 23.2 Å². The van der Waals surface area contributed by atoms with Crippen molar-refractivity contribution in [3.8, 4) is 0 Å². The van der Waals surface area contributed by atoms with E-state index in [1.165, 1.54) is 6.26 Å². The molecule has 1 N–H and O–H groups in total. The SMILES string of the molecule is O=C(c1occ2c1CCOC2)N1CCC(O)(C(F)(F)F)C1. The molecule has 0 spiro atoms. The fourth-order valence-electron chi connectivity index (χ4n) is 2.69. The third-order valence-corrected chi connectivity index (χ3v) is 3.99. The van der Waals surface area contributed by atoms with E-state index in [0.29, 0.717) is 25.2 Å². The van der Waals surface area contributed by atoms with Gasteiger partial charge in [0, 0.05) is 30.5 Å². The Labute approximate surface area is 118 Å². The zero-order valence-corrected chi connectivity index (χ0v) is 11.1. The van der Waals surface area contributed by atoms with Crippen LogP contribution >= 0.6 is 0 Å². The van der Waals surface area contributed by atoms with Gasteiger partial charge < -0.3 is 19.2 Å². The number of likely N-dealkylation sites (tertiary alicyclic amines) is 1. The molecule has 0 radical (unpaired) electrons. The minimum absolute atomic E-state index is 0.0553. The Balaban J connectivity index is 1.80. The first-order chi connectivity index (χ1) is 9.82. The molecule has 1 atom stereocenters. The van der Waals surface area contributed by atoms with Crippen LogP contribution < -0.4 is 0 Å². The van der Waals surface area contributed by atoms with E-state index in [-0.39, 0.29) is 12.3 Å². The van der Waals surface area contributed by atoms with Gasteiger partial charge in [-0.05, 0) is 0 Å². The first-order valence-electron chi connectivity index (χ1n) is 6.57. The molecule has 2 aliphatic heterocycles. The lowest BCUT2D eigenvalue weighted by molar-refractivity contribution is -0.253. The van der Waals surface area contributed by atoms with E-state index in [0.717, 1.165) is 10.5 Å². The van der Waals surface area contributed by atoms with E-state index in [1.54, 1.807) is 0 Å². The van der Waals surface area contributed by atoms with Gasteiger partial charge in [0.1, 0.15) is 0 Å². The van der Waals surface area contributed by atoms with Crippen LogP contribution in [0.5, 0.6) is 0 Å². The van der Waals surface area contributed by atoms with Crippen LogP contribution in [0.3, 0.4) is 0 Å². The summed E-state index contributed by atoms with van der Waals surface area (Å²) in [6.45, 7) is -0.139. The number of halogens is 3. The maximum absolute atomic E-state index is 12.8. The number of alkyl halides is 3. The smallest absolute Gasteiger partial charge is 0.419 e. The van der Waals surface area contributed by atoms with Crippen molar-refractivity contribution in [1.82, 2.24) is 4.90 Å². The molecule has 2 aliphatic rings. The molecule has 8 heteroatoms. The fourth-order valence-corrected chi connectivity index (χ4v) is 2.69. The highest BCUT2D eigenvalue weighted by molar-refractivity contribution is 5.93. The molecule has 1 fully saturated rings. The third kappa shape index (κ3) is 2.32. The quantitative estimate of drug-likeness (QED) is 0.854. The standard InChI is InChI=1S/C13H14F3NO4/c14-13(15,16)12(19)2-3-17(7-12)11(18)10-9-1-4-20-5-8(9)6-21-10/h6,19H,1-5,7H2. The Morgan fingerprint density at radius 1 is 1.43 bits per heavy atom. The van der Waals surface area contributed by atoms with Crippen LogP contribution in [0.4, 0.5) is 13.2 Å². The second kappa shape index (κ2) is 4.74. The maximum atomic E-state index is 12.8. The summed E-state index contributed by atoms with van der Waals surface area (Å²) < 4.78 is 48.7. The van der Waals surface area contributed by atoms with Gasteiger partial charge in [-0.3, -0.25) is 4.79 Å². The monoisotopic (exact) mass is 305 g/mol. The van der Waals surface area contributed by atoms with Crippen LogP contribution in [0.15, 0.2) is 10.7 Å². The van der Waals surface area contributed by atoms with Gasteiger partial charge in [-0.25, -0.2) is 0 Å². The molecule has 5 nitrogen and oxygen atoms in total.